The molecule has 0 aliphatic heterocycles. The molecule has 0 heterocycles. The largest absolute Gasteiger partial charge is 0.493 e. The van der Waals surface area contributed by atoms with Crippen LogP contribution < -0.4 is 14.8 Å². The second kappa shape index (κ2) is 13.9. The third-order valence-corrected chi connectivity index (χ3v) is 5.88. The quantitative estimate of drug-likeness (QED) is 0.370. The van der Waals surface area contributed by atoms with E-state index in [2.05, 4.69) is 5.32 Å². The fourth-order valence-electron chi connectivity index (χ4n) is 3.99. The summed E-state index contributed by atoms with van der Waals surface area (Å²) in [5.41, 5.74) is 2.69. The molecular weight excluding hydrogens is 456 g/mol. The van der Waals surface area contributed by atoms with Crippen LogP contribution in [0.15, 0.2) is 78.9 Å². The van der Waals surface area contributed by atoms with Gasteiger partial charge in [0, 0.05) is 26.6 Å². The highest BCUT2D eigenvalue weighted by Gasteiger charge is 2.30. The molecule has 0 saturated heterocycles. The second-order valence-corrected chi connectivity index (χ2v) is 8.36. The van der Waals surface area contributed by atoms with Crippen LogP contribution in [0, 0.1) is 0 Å². The normalized spacial score (nSPS) is 11.4. The molecule has 0 radical (unpaired) electrons. The number of nitrogens with one attached hydrogen (secondary N) is 1. The Labute approximate surface area is 213 Å². The van der Waals surface area contributed by atoms with Gasteiger partial charge in [0.1, 0.15) is 6.04 Å². The average molecular weight is 491 g/mol. The minimum atomic E-state index is -0.697. The van der Waals surface area contributed by atoms with Gasteiger partial charge in [-0.15, -0.1) is 0 Å². The van der Waals surface area contributed by atoms with Crippen LogP contribution in [0.3, 0.4) is 0 Å². The van der Waals surface area contributed by atoms with Gasteiger partial charge < -0.3 is 24.4 Å². The predicted molar refractivity (Wildman–Crippen MR) is 139 cm³/mol. The Hall–Kier alpha value is -3.84. The van der Waals surface area contributed by atoms with Crippen molar-refractivity contribution in [2.45, 2.75) is 25.4 Å². The van der Waals surface area contributed by atoms with Gasteiger partial charge in [0.2, 0.25) is 11.8 Å². The Kier molecular flexibility index (Phi) is 10.3. The molecule has 0 aliphatic carbocycles. The van der Waals surface area contributed by atoms with Gasteiger partial charge in [0.15, 0.2) is 11.5 Å². The number of nitrogens with zero attached hydrogens (tertiary/aromatic N) is 1. The molecule has 7 heteroatoms. The molecule has 36 heavy (non-hydrogen) atoms. The molecule has 3 rings (SSSR count). The lowest BCUT2D eigenvalue weighted by Crippen LogP contribution is -2.51. The number of carbonyl (C=O) groups excluding carboxylic acids is 2. The first-order chi connectivity index (χ1) is 17.5. The number of hydrogen-bond donors (Lipinski definition) is 1. The van der Waals surface area contributed by atoms with Crippen molar-refractivity contribution in [3.8, 4) is 11.5 Å². The molecule has 2 amide bonds. The number of hydrogen-bond acceptors (Lipinski definition) is 5. The van der Waals surface area contributed by atoms with Crippen LogP contribution in [-0.2, 0) is 33.7 Å². The van der Waals surface area contributed by atoms with E-state index in [9.17, 15) is 9.59 Å². The van der Waals surface area contributed by atoms with Gasteiger partial charge in [-0.1, -0.05) is 66.7 Å². The zero-order valence-electron chi connectivity index (χ0n) is 21.1. The van der Waals surface area contributed by atoms with E-state index in [1.54, 1.807) is 38.4 Å². The molecule has 0 spiro atoms. The zero-order chi connectivity index (χ0) is 25.8. The highest BCUT2D eigenvalue weighted by Crippen LogP contribution is 2.28. The Morgan fingerprint density at radius 3 is 2.06 bits per heavy atom. The van der Waals surface area contributed by atoms with E-state index in [0.717, 1.165) is 16.7 Å². The number of ether oxygens (including phenoxy) is 3. The fraction of sp³-hybridized carbons (Fsp3) is 0.310. The molecule has 0 aliphatic rings. The smallest absolute Gasteiger partial charge is 0.243 e. The summed E-state index contributed by atoms with van der Waals surface area (Å²) in [5, 5.41) is 2.93. The van der Waals surface area contributed by atoms with Crippen molar-refractivity contribution >= 4 is 11.8 Å². The van der Waals surface area contributed by atoms with Gasteiger partial charge in [-0.25, -0.2) is 0 Å². The lowest BCUT2D eigenvalue weighted by molar-refractivity contribution is -0.140. The molecule has 1 atom stereocenters. The van der Waals surface area contributed by atoms with Crippen LogP contribution in [0.2, 0.25) is 0 Å². The van der Waals surface area contributed by atoms with E-state index in [1.807, 2.05) is 66.7 Å². The van der Waals surface area contributed by atoms with Gasteiger partial charge in [-0.2, -0.15) is 0 Å². The lowest BCUT2D eigenvalue weighted by Gasteiger charge is -2.31. The van der Waals surface area contributed by atoms with Crippen LogP contribution in [0.25, 0.3) is 0 Å². The Morgan fingerprint density at radius 1 is 0.806 bits per heavy atom. The lowest BCUT2D eigenvalue weighted by atomic mass is 10.0. The van der Waals surface area contributed by atoms with Crippen molar-refractivity contribution in [2.75, 3.05) is 34.5 Å². The SMILES string of the molecule is COCCNC(=O)[C@H](Cc1ccccc1)N(Cc1ccccc1)C(=O)Cc1ccc(OC)c(OC)c1. The maximum atomic E-state index is 13.8. The highest BCUT2D eigenvalue weighted by molar-refractivity contribution is 5.88. The van der Waals surface area contributed by atoms with Crippen molar-refractivity contribution in [2.24, 2.45) is 0 Å². The third-order valence-electron chi connectivity index (χ3n) is 5.88. The van der Waals surface area contributed by atoms with Crippen molar-refractivity contribution in [1.29, 1.82) is 0 Å². The average Bonchev–Trinajstić information content (AvgIpc) is 2.91. The molecule has 3 aromatic carbocycles. The third kappa shape index (κ3) is 7.58. The molecule has 0 bridgehead atoms. The molecule has 7 nitrogen and oxygen atoms in total. The van der Waals surface area contributed by atoms with Gasteiger partial charge in [-0.05, 0) is 28.8 Å². The minimum Gasteiger partial charge on any atom is -0.493 e. The molecule has 3 aromatic rings. The fourth-order valence-corrected chi connectivity index (χ4v) is 3.99. The zero-order valence-corrected chi connectivity index (χ0v) is 21.1. The van der Waals surface area contributed by atoms with Crippen molar-refractivity contribution in [3.05, 3.63) is 95.6 Å². The van der Waals surface area contributed by atoms with Crippen LogP contribution in [-0.4, -0.2) is 57.2 Å². The van der Waals surface area contributed by atoms with Crippen LogP contribution >= 0.6 is 0 Å². The molecule has 0 fully saturated rings. The molecule has 1 N–H and O–H groups in total. The number of rotatable bonds is 13. The summed E-state index contributed by atoms with van der Waals surface area (Å²) in [6, 6.07) is 24.1. The minimum absolute atomic E-state index is 0.115. The molecule has 0 aromatic heterocycles. The molecular formula is C29H34N2O5. The monoisotopic (exact) mass is 490 g/mol. The summed E-state index contributed by atoms with van der Waals surface area (Å²) in [6.07, 6.45) is 0.508. The van der Waals surface area contributed by atoms with E-state index in [0.29, 0.717) is 37.6 Å². The maximum Gasteiger partial charge on any atom is 0.243 e. The first-order valence-electron chi connectivity index (χ1n) is 11.9. The Morgan fingerprint density at radius 2 is 1.44 bits per heavy atom. The van der Waals surface area contributed by atoms with Crippen molar-refractivity contribution in [1.82, 2.24) is 10.2 Å². The second-order valence-electron chi connectivity index (χ2n) is 8.36. The molecule has 190 valence electrons. The van der Waals surface area contributed by atoms with E-state index in [-0.39, 0.29) is 18.2 Å². The van der Waals surface area contributed by atoms with E-state index in [4.69, 9.17) is 14.2 Å². The number of amides is 2. The molecule has 0 unspecified atom stereocenters. The molecule has 0 saturated carbocycles. The number of carbonyl (C=O) groups is 2. The van der Waals surface area contributed by atoms with Crippen LogP contribution in [0.5, 0.6) is 11.5 Å². The van der Waals surface area contributed by atoms with E-state index >= 15 is 0 Å². The van der Waals surface area contributed by atoms with Crippen LogP contribution in [0.1, 0.15) is 16.7 Å². The first-order valence-corrected chi connectivity index (χ1v) is 11.9. The van der Waals surface area contributed by atoms with E-state index in [1.165, 1.54) is 0 Å². The Bertz CT molecular complexity index is 1110. The number of methoxy groups -OCH3 is 3. The summed E-state index contributed by atoms with van der Waals surface area (Å²) in [7, 11) is 4.72. The van der Waals surface area contributed by atoms with Gasteiger partial charge >= 0.3 is 0 Å². The van der Waals surface area contributed by atoms with Crippen LogP contribution in [0.4, 0.5) is 0 Å². The first kappa shape index (κ1) is 26.8. The van der Waals surface area contributed by atoms with Gasteiger partial charge in [-0.3, -0.25) is 9.59 Å². The topological polar surface area (TPSA) is 77.1 Å². The Balaban J connectivity index is 1.93. The summed E-state index contributed by atoms with van der Waals surface area (Å²) < 4.78 is 15.8. The number of benzene rings is 3. The van der Waals surface area contributed by atoms with Gasteiger partial charge in [0.05, 0.1) is 27.2 Å². The van der Waals surface area contributed by atoms with Gasteiger partial charge in [0.25, 0.3) is 0 Å². The van der Waals surface area contributed by atoms with Crippen molar-refractivity contribution < 1.29 is 23.8 Å². The highest BCUT2D eigenvalue weighted by atomic mass is 16.5. The summed E-state index contributed by atoms with van der Waals surface area (Å²) in [4.78, 5) is 28.9. The standard InChI is InChI=1S/C29H34N2O5/c1-34-17-16-30-29(33)25(18-22-10-6-4-7-11-22)31(21-23-12-8-5-9-13-23)28(32)20-24-14-15-26(35-2)27(19-24)36-3/h4-15,19,25H,16-18,20-21H2,1-3H3,(H,30,33)/t25-/m0/s1. The maximum absolute atomic E-state index is 13.8. The predicted octanol–water partition coefficient (Wildman–Crippen LogP) is 3.65. The summed E-state index contributed by atoms with van der Waals surface area (Å²) >= 11 is 0. The summed E-state index contributed by atoms with van der Waals surface area (Å²) in [5.74, 6) is 0.770. The van der Waals surface area contributed by atoms with Crippen molar-refractivity contribution in [3.63, 3.8) is 0 Å². The summed E-state index contributed by atoms with van der Waals surface area (Å²) in [6.45, 7) is 1.06. The van der Waals surface area contributed by atoms with E-state index < -0.39 is 6.04 Å².